The molecular weight excluding hydrogens is 228 g/mol. The smallest absolute Gasteiger partial charge is 0.0479 e. The molecule has 0 unspecified atom stereocenters. The molecule has 15 heavy (non-hydrogen) atoms. The van der Waals surface area contributed by atoms with E-state index in [1.54, 1.807) is 0 Å². The first-order chi connectivity index (χ1) is 7.27. The molecule has 0 radical (unpaired) electrons. The Bertz CT molecular complexity index is 385. The molecule has 0 N–H and O–H groups in total. The fraction of sp³-hybridized carbons (Fsp3) is 0.500. The van der Waals surface area contributed by atoms with E-state index in [1.165, 1.54) is 29.7 Å². The lowest BCUT2D eigenvalue weighted by Gasteiger charge is -2.32. The first kappa shape index (κ1) is 10.0. The van der Waals surface area contributed by atoms with Crippen molar-refractivity contribution in [1.29, 1.82) is 0 Å². The average Bonchev–Trinajstić information content (AvgIpc) is 2.56. The molecule has 1 aromatic carbocycles. The molecule has 0 aromatic heterocycles. The molecule has 3 heteroatoms. The zero-order valence-electron chi connectivity index (χ0n) is 8.46. The molecule has 0 bridgehead atoms. The van der Waals surface area contributed by atoms with Crippen molar-refractivity contribution in [3.05, 3.63) is 28.8 Å². The number of halogens is 1. The van der Waals surface area contributed by atoms with Crippen LogP contribution in [0, 0.1) is 0 Å². The van der Waals surface area contributed by atoms with E-state index >= 15 is 0 Å². The molecule has 0 amide bonds. The maximum atomic E-state index is 6.01. The maximum Gasteiger partial charge on any atom is 0.0479 e. The summed E-state index contributed by atoms with van der Waals surface area (Å²) in [6, 6.07) is 6.28. The fourth-order valence-electron chi connectivity index (χ4n) is 2.41. The van der Waals surface area contributed by atoms with Gasteiger partial charge in [-0.2, -0.15) is 0 Å². The second-order valence-electron chi connectivity index (χ2n) is 4.33. The Kier molecular flexibility index (Phi) is 2.46. The molecule has 0 aliphatic carbocycles. The third-order valence-electron chi connectivity index (χ3n) is 3.27. The van der Waals surface area contributed by atoms with E-state index in [4.69, 9.17) is 16.3 Å². The highest BCUT2D eigenvalue weighted by molar-refractivity contribution is 8.01. The minimum atomic E-state index is 0.408. The van der Waals surface area contributed by atoms with E-state index in [1.807, 2.05) is 17.8 Å². The van der Waals surface area contributed by atoms with Gasteiger partial charge in [0.1, 0.15) is 0 Å². The van der Waals surface area contributed by atoms with Gasteiger partial charge < -0.3 is 4.74 Å². The van der Waals surface area contributed by atoms with Crippen LogP contribution in [-0.2, 0) is 11.2 Å². The Morgan fingerprint density at radius 3 is 2.87 bits per heavy atom. The molecule has 0 saturated carbocycles. The van der Waals surface area contributed by atoms with E-state index in [2.05, 4.69) is 12.1 Å². The van der Waals surface area contributed by atoms with Crippen LogP contribution in [0.25, 0.3) is 0 Å². The van der Waals surface area contributed by atoms with Gasteiger partial charge >= 0.3 is 0 Å². The second-order valence-corrected chi connectivity index (χ2v) is 6.27. The molecule has 2 heterocycles. The molecule has 0 atom stereocenters. The highest BCUT2D eigenvalue weighted by atomic mass is 35.5. The molecule has 2 aliphatic heterocycles. The summed E-state index contributed by atoms with van der Waals surface area (Å²) in [7, 11) is 0. The first-order valence-corrected chi connectivity index (χ1v) is 6.52. The van der Waals surface area contributed by atoms with Crippen LogP contribution in [0.2, 0.25) is 5.02 Å². The van der Waals surface area contributed by atoms with Gasteiger partial charge in [-0.3, -0.25) is 0 Å². The zero-order valence-corrected chi connectivity index (χ0v) is 10.0. The first-order valence-electron chi connectivity index (χ1n) is 5.33. The van der Waals surface area contributed by atoms with Crippen molar-refractivity contribution in [1.82, 2.24) is 0 Å². The molecule has 3 rings (SSSR count). The largest absolute Gasteiger partial charge is 0.381 e. The topological polar surface area (TPSA) is 9.23 Å². The summed E-state index contributed by atoms with van der Waals surface area (Å²) in [5, 5.41) is 0.852. The number of rotatable bonds is 0. The third-order valence-corrected chi connectivity index (χ3v) is 5.09. The third kappa shape index (κ3) is 1.79. The lowest BCUT2D eigenvalue weighted by Crippen LogP contribution is -2.32. The van der Waals surface area contributed by atoms with Gasteiger partial charge in [-0.15, -0.1) is 11.8 Å². The molecule has 1 spiro atoms. The summed E-state index contributed by atoms with van der Waals surface area (Å²) in [6.07, 6.45) is 3.53. The fourth-order valence-corrected chi connectivity index (χ4v) is 4.17. The minimum absolute atomic E-state index is 0.408. The van der Waals surface area contributed by atoms with Crippen molar-refractivity contribution in [3.8, 4) is 0 Å². The number of hydrogen-bond donors (Lipinski definition) is 0. The monoisotopic (exact) mass is 240 g/mol. The Hall–Kier alpha value is -0.180. The number of hydrogen-bond acceptors (Lipinski definition) is 2. The van der Waals surface area contributed by atoms with E-state index in [9.17, 15) is 0 Å². The Morgan fingerprint density at radius 2 is 2.07 bits per heavy atom. The van der Waals surface area contributed by atoms with Gasteiger partial charge in [-0.05, 0) is 37.0 Å². The van der Waals surface area contributed by atoms with Crippen LogP contribution >= 0.6 is 23.4 Å². The molecule has 80 valence electrons. The van der Waals surface area contributed by atoms with Crippen molar-refractivity contribution in [3.63, 3.8) is 0 Å². The van der Waals surface area contributed by atoms with Gasteiger partial charge in [-0.1, -0.05) is 17.7 Å². The van der Waals surface area contributed by atoms with Crippen LogP contribution in [-0.4, -0.2) is 18.0 Å². The van der Waals surface area contributed by atoms with E-state index in [-0.39, 0.29) is 0 Å². The summed E-state index contributed by atoms with van der Waals surface area (Å²) in [4.78, 5) is 1.38. The van der Waals surface area contributed by atoms with E-state index in [0.717, 1.165) is 18.2 Å². The van der Waals surface area contributed by atoms with Crippen LogP contribution in [0.15, 0.2) is 23.1 Å². The van der Waals surface area contributed by atoms with Crippen LogP contribution in [0.4, 0.5) is 0 Å². The standard InChI is InChI=1S/C12H13ClOS/c13-10-2-1-9-8-12(15-11(9)7-10)3-5-14-6-4-12/h1-2,7H,3-6,8H2. The zero-order chi connectivity index (χ0) is 10.3. The van der Waals surface area contributed by atoms with Crippen LogP contribution in [0.5, 0.6) is 0 Å². The van der Waals surface area contributed by atoms with E-state index < -0.39 is 0 Å². The summed E-state index contributed by atoms with van der Waals surface area (Å²) >= 11 is 8.02. The van der Waals surface area contributed by atoms with Gasteiger partial charge in [0.2, 0.25) is 0 Å². The summed E-state index contributed by atoms with van der Waals surface area (Å²) in [6.45, 7) is 1.82. The lowest BCUT2D eigenvalue weighted by atomic mass is 9.92. The highest BCUT2D eigenvalue weighted by Crippen LogP contribution is 2.50. The van der Waals surface area contributed by atoms with Crippen molar-refractivity contribution < 1.29 is 4.74 Å². The predicted molar refractivity (Wildman–Crippen MR) is 63.8 cm³/mol. The average molecular weight is 241 g/mol. The van der Waals surface area contributed by atoms with Crippen molar-refractivity contribution in [2.75, 3.05) is 13.2 Å². The summed E-state index contributed by atoms with van der Waals surface area (Å²) in [5.74, 6) is 0. The molecular formula is C12H13ClOS. The van der Waals surface area contributed by atoms with Gasteiger partial charge in [0.15, 0.2) is 0 Å². The van der Waals surface area contributed by atoms with Crippen LogP contribution < -0.4 is 0 Å². The number of ether oxygens (including phenoxy) is 1. The van der Waals surface area contributed by atoms with E-state index in [0.29, 0.717) is 4.75 Å². The Morgan fingerprint density at radius 1 is 1.27 bits per heavy atom. The summed E-state index contributed by atoms with van der Waals surface area (Å²) in [5.41, 5.74) is 1.46. The SMILES string of the molecule is Clc1ccc2c(c1)SC1(CCOCC1)C2. The predicted octanol–water partition coefficient (Wildman–Crippen LogP) is 3.54. The molecule has 1 fully saturated rings. The minimum Gasteiger partial charge on any atom is -0.381 e. The molecule has 1 saturated heterocycles. The van der Waals surface area contributed by atoms with Gasteiger partial charge in [0.25, 0.3) is 0 Å². The lowest BCUT2D eigenvalue weighted by molar-refractivity contribution is 0.0782. The Balaban J connectivity index is 1.90. The number of thioether (sulfide) groups is 1. The molecule has 1 aromatic rings. The van der Waals surface area contributed by atoms with Gasteiger partial charge in [0.05, 0.1) is 0 Å². The van der Waals surface area contributed by atoms with Gasteiger partial charge in [-0.25, -0.2) is 0 Å². The van der Waals surface area contributed by atoms with Crippen molar-refractivity contribution >= 4 is 23.4 Å². The number of fused-ring (bicyclic) bond motifs is 1. The molecule has 1 nitrogen and oxygen atoms in total. The van der Waals surface area contributed by atoms with Crippen molar-refractivity contribution in [2.24, 2.45) is 0 Å². The number of benzene rings is 1. The normalized spacial score (nSPS) is 23.0. The Labute approximate surface area is 99.1 Å². The van der Waals surface area contributed by atoms with Crippen molar-refractivity contribution in [2.45, 2.75) is 28.9 Å². The highest BCUT2D eigenvalue weighted by Gasteiger charge is 2.39. The second kappa shape index (κ2) is 3.69. The quantitative estimate of drug-likeness (QED) is 0.686. The van der Waals surface area contributed by atoms with Gasteiger partial charge in [0, 0.05) is 27.9 Å². The van der Waals surface area contributed by atoms with Crippen LogP contribution in [0.3, 0.4) is 0 Å². The van der Waals surface area contributed by atoms with Crippen LogP contribution in [0.1, 0.15) is 18.4 Å². The summed E-state index contributed by atoms with van der Waals surface area (Å²) < 4.78 is 5.85. The molecule has 2 aliphatic rings. The maximum absolute atomic E-state index is 6.01.